The van der Waals surface area contributed by atoms with Crippen molar-refractivity contribution in [3.8, 4) is 11.5 Å². The van der Waals surface area contributed by atoms with E-state index in [-0.39, 0.29) is 33.4 Å². The zero-order valence-corrected chi connectivity index (χ0v) is 47.1. The summed E-state index contributed by atoms with van der Waals surface area (Å²) in [6, 6.07) is 25.2. The predicted octanol–water partition coefficient (Wildman–Crippen LogP) is 5.36. The Kier molecular flexibility index (Phi) is 16.0. The number of likely N-dealkylation sites (N-methyl/N-ethyl adjacent to an activating group) is 2. The number of carbonyl (C=O) groups excluding carboxylic acids is 4. The zero-order chi connectivity index (χ0) is 56.2. The van der Waals surface area contributed by atoms with Gasteiger partial charge in [-0.05, 0) is 138 Å². The Morgan fingerprint density at radius 2 is 0.897 bits per heavy atom. The fourth-order valence-electron chi connectivity index (χ4n) is 13.7. The van der Waals surface area contributed by atoms with Crippen LogP contribution in [0, 0.1) is 25.7 Å². The highest BCUT2D eigenvalue weighted by atomic mass is 32.2. The van der Waals surface area contributed by atoms with E-state index in [1.54, 1.807) is 72.6 Å². The van der Waals surface area contributed by atoms with E-state index >= 15 is 0 Å². The molecule has 0 unspecified atom stereocenters. The molecule has 6 fully saturated rings. The number of hydrogen-bond donors (Lipinski definition) is 2. The molecule has 18 nitrogen and oxygen atoms in total. The highest BCUT2D eigenvalue weighted by molar-refractivity contribution is 7.89. The molecule has 2 N–H and O–H groups in total. The third-order valence-electron chi connectivity index (χ3n) is 17.6. The smallest absolute Gasteiger partial charge is 0.302 e. The average Bonchev–Trinajstić information content (AvgIpc) is 4.12. The van der Waals surface area contributed by atoms with Gasteiger partial charge in [-0.2, -0.15) is 8.61 Å². The van der Waals surface area contributed by atoms with Gasteiger partial charge in [-0.3, -0.25) is 19.2 Å². The minimum absolute atomic E-state index is 0.135. The second-order valence-electron chi connectivity index (χ2n) is 22.3. The van der Waals surface area contributed by atoms with E-state index in [4.69, 9.17) is 18.9 Å². The largest absolute Gasteiger partial charge is 0.497 e. The highest BCUT2D eigenvalue weighted by Crippen LogP contribution is 2.55. The van der Waals surface area contributed by atoms with Gasteiger partial charge in [0.2, 0.25) is 31.9 Å². The molecule has 0 radical (unpaired) electrons. The number of aliphatic hydroxyl groups is 2. The van der Waals surface area contributed by atoms with E-state index in [1.807, 2.05) is 62.4 Å². The number of amides is 2. The molecule has 2 amide bonds. The Bertz CT molecular complexity index is 2900. The Hall–Kier alpha value is -5.90. The minimum Gasteiger partial charge on any atom is -0.497 e. The molecule has 12 atom stereocenters. The molecule has 4 saturated heterocycles. The van der Waals surface area contributed by atoms with Crippen molar-refractivity contribution in [2.24, 2.45) is 11.8 Å². The van der Waals surface area contributed by atoms with E-state index in [1.165, 1.54) is 36.6 Å². The van der Waals surface area contributed by atoms with Gasteiger partial charge >= 0.3 is 11.9 Å². The topological polar surface area (TPSA) is 227 Å². The first-order chi connectivity index (χ1) is 36.9. The van der Waals surface area contributed by atoms with Crippen LogP contribution in [0.1, 0.15) is 87.5 Å². The first kappa shape index (κ1) is 56.8. The van der Waals surface area contributed by atoms with Crippen LogP contribution in [-0.4, -0.2) is 157 Å². The lowest BCUT2D eigenvalue weighted by atomic mass is 9.65. The standard InChI is InChI=1S/2C29H36N2O7S/c2*1-18-5-11-22(12-6-18)39(35,36)30(3)25-17-29-14-13-26(33)23(16-29)27(38-19(2)32)24(31(29)28(25)34)15-20-7-9-21(37-4)10-8-20/h2*5-12,23-27,33H,13-17H2,1-4H3/t2*23-,24-,25-,26+,27-,29-/m00/s1. The molecule has 4 bridgehead atoms. The summed E-state index contributed by atoms with van der Waals surface area (Å²) >= 11 is 0. The van der Waals surface area contributed by atoms with E-state index in [2.05, 4.69) is 0 Å². The summed E-state index contributed by atoms with van der Waals surface area (Å²) < 4.78 is 78.9. The second-order valence-corrected chi connectivity index (χ2v) is 26.3. The molecule has 4 aromatic carbocycles. The van der Waals surface area contributed by atoms with Gasteiger partial charge < -0.3 is 39.0 Å². The van der Waals surface area contributed by atoms with Crippen LogP contribution in [0.25, 0.3) is 0 Å². The van der Waals surface area contributed by atoms with E-state index < -0.39 is 91.6 Å². The summed E-state index contributed by atoms with van der Waals surface area (Å²) in [6.07, 6.45) is 1.54. The van der Waals surface area contributed by atoms with Crippen molar-refractivity contribution in [2.45, 2.75) is 161 Å². The van der Waals surface area contributed by atoms with E-state index in [0.717, 1.165) is 22.3 Å². The number of benzene rings is 4. The van der Waals surface area contributed by atoms with Gasteiger partial charge in [-0.25, -0.2) is 16.8 Å². The Morgan fingerprint density at radius 1 is 0.564 bits per heavy atom. The number of ether oxygens (including phenoxy) is 4. The van der Waals surface area contributed by atoms with Gasteiger partial charge in [-0.15, -0.1) is 0 Å². The summed E-state index contributed by atoms with van der Waals surface area (Å²) in [5.41, 5.74) is 2.45. The summed E-state index contributed by atoms with van der Waals surface area (Å²) in [4.78, 5) is 56.7. The summed E-state index contributed by atoms with van der Waals surface area (Å²) in [5.74, 6) is -0.858. The Morgan fingerprint density at radius 3 is 1.21 bits per heavy atom. The van der Waals surface area contributed by atoms with Crippen LogP contribution in [0.4, 0.5) is 0 Å². The van der Waals surface area contributed by atoms with Crippen molar-refractivity contribution in [3.63, 3.8) is 0 Å². The number of sulfonamides is 2. The minimum atomic E-state index is -3.94. The number of nitrogens with zero attached hydrogens (tertiary/aromatic N) is 4. The molecule has 2 spiro atoms. The number of rotatable bonds is 14. The molecule has 20 heteroatoms. The maximum absolute atomic E-state index is 14.2. The molecule has 4 heterocycles. The molecule has 78 heavy (non-hydrogen) atoms. The molecule has 0 aromatic heterocycles. The molecule has 2 saturated carbocycles. The highest BCUT2D eigenvalue weighted by Gasteiger charge is 2.66. The predicted molar refractivity (Wildman–Crippen MR) is 287 cm³/mol. The third kappa shape index (κ3) is 10.6. The molecule has 2 aliphatic carbocycles. The Labute approximate surface area is 457 Å². The SMILES string of the molecule is COc1ccc(C[C@H]2[C@@H](OC(C)=O)[C@H]3C[C@@]4(CC[C@H]3O)C[C@H](N(C)S(=O)(=O)c3ccc(C)cc3)C(=O)N24)cc1.COc1ccc(C[C@H]2[C@@H](OC(C)=O)[C@H]3C[C@@]4(CC[C@H]3O)C[C@H](N(C)S(=O)(=O)c3ccc(C)cc3)C(=O)N24)cc1. The molecule has 4 aliphatic heterocycles. The first-order valence-electron chi connectivity index (χ1n) is 26.7. The normalized spacial score (nSPS) is 30.3. The van der Waals surface area contributed by atoms with Crippen LogP contribution in [0.3, 0.4) is 0 Å². The molecular weight excluding hydrogens is 1040 g/mol. The van der Waals surface area contributed by atoms with Crippen LogP contribution >= 0.6 is 0 Å². The zero-order valence-electron chi connectivity index (χ0n) is 45.5. The van der Waals surface area contributed by atoms with Crippen LogP contribution in [0.5, 0.6) is 11.5 Å². The summed E-state index contributed by atoms with van der Waals surface area (Å²) in [6.45, 7) is 6.43. The molecule has 420 valence electrons. The lowest BCUT2D eigenvalue weighted by Gasteiger charge is -2.57. The second kappa shape index (κ2) is 22.0. The average molecular weight is 1110 g/mol. The quantitative estimate of drug-likeness (QED) is 0.152. The fourth-order valence-corrected chi connectivity index (χ4v) is 16.3. The lowest BCUT2D eigenvalue weighted by molar-refractivity contribution is -0.187. The van der Waals surface area contributed by atoms with Crippen molar-refractivity contribution >= 4 is 43.8 Å². The monoisotopic (exact) mass is 1110 g/mol. The fraction of sp³-hybridized carbons (Fsp3) is 0.517. The summed E-state index contributed by atoms with van der Waals surface area (Å²) in [5, 5.41) is 22.0. The number of hydrogen-bond acceptors (Lipinski definition) is 14. The maximum atomic E-state index is 14.2. The molecule has 10 rings (SSSR count). The first-order valence-corrected chi connectivity index (χ1v) is 29.5. The van der Waals surface area contributed by atoms with Crippen molar-refractivity contribution in [1.29, 1.82) is 0 Å². The number of esters is 2. The third-order valence-corrected chi connectivity index (χ3v) is 21.4. The van der Waals surface area contributed by atoms with Crippen molar-refractivity contribution in [2.75, 3.05) is 28.3 Å². The van der Waals surface area contributed by atoms with Gasteiger partial charge in [0.05, 0.1) is 48.3 Å². The molecular formula is C58H72N4O14S2. The molecule has 6 aliphatic rings. The maximum Gasteiger partial charge on any atom is 0.302 e. The van der Waals surface area contributed by atoms with Crippen LogP contribution in [0.15, 0.2) is 107 Å². The summed E-state index contributed by atoms with van der Waals surface area (Å²) in [7, 11) is -1.77. The van der Waals surface area contributed by atoms with E-state index in [9.17, 15) is 46.2 Å². The van der Waals surface area contributed by atoms with Crippen LogP contribution in [-0.2, 0) is 61.5 Å². The van der Waals surface area contributed by atoms with Crippen molar-refractivity contribution in [3.05, 3.63) is 119 Å². The van der Waals surface area contributed by atoms with Gasteiger partial charge in [-0.1, -0.05) is 59.7 Å². The number of aliphatic hydroxyl groups excluding tert-OH is 2. The number of piperidine rings is 2. The molecule has 4 aromatic rings. The number of aryl methyl sites for hydroxylation is 2. The number of methoxy groups -OCH3 is 2. The van der Waals surface area contributed by atoms with Gasteiger partial charge in [0.15, 0.2) is 0 Å². The van der Waals surface area contributed by atoms with E-state index in [0.29, 0.717) is 75.7 Å². The van der Waals surface area contributed by atoms with Gasteiger partial charge in [0.1, 0.15) is 35.8 Å². The van der Waals surface area contributed by atoms with Gasteiger partial charge in [0, 0.05) is 50.9 Å². The van der Waals surface area contributed by atoms with Crippen molar-refractivity contribution < 1.29 is 65.2 Å². The van der Waals surface area contributed by atoms with Crippen LogP contribution < -0.4 is 9.47 Å². The number of fused-ring (bicyclic) bond motifs is 2. The lowest BCUT2D eigenvalue weighted by Crippen LogP contribution is -2.68. The van der Waals surface area contributed by atoms with Crippen LogP contribution in [0.2, 0.25) is 0 Å². The Balaban J connectivity index is 0.000000190. The van der Waals surface area contributed by atoms with Gasteiger partial charge in [0.25, 0.3) is 0 Å². The number of carbonyl (C=O) groups is 4. The van der Waals surface area contributed by atoms with Crippen molar-refractivity contribution in [1.82, 2.24) is 18.4 Å².